The minimum absolute atomic E-state index is 0.133. The van der Waals surface area contributed by atoms with Gasteiger partial charge in [-0.3, -0.25) is 9.59 Å². The molecule has 4 nitrogen and oxygen atoms in total. The van der Waals surface area contributed by atoms with E-state index in [0.29, 0.717) is 6.54 Å². The van der Waals surface area contributed by atoms with Gasteiger partial charge in [-0.15, -0.1) is 0 Å². The molecule has 0 atom stereocenters. The van der Waals surface area contributed by atoms with E-state index in [1.165, 1.54) is 6.07 Å². The van der Waals surface area contributed by atoms with Crippen LogP contribution in [0.1, 0.15) is 35.7 Å². The topological polar surface area (TPSA) is 58.2 Å². The summed E-state index contributed by atoms with van der Waals surface area (Å²) in [4.78, 5) is 23.1. The largest absolute Gasteiger partial charge is 0.416 e. The smallest absolute Gasteiger partial charge is 0.355 e. The number of alkyl halides is 3. The molecule has 2 N–H and O–H groups in total. The molecule has 1 aromatic rings. The van der Waals surface area contributed by atoms with Gasteiger partial charge in [-0.1, -0.05) is 19.4 Å². The van der Waals surface area contributed by atoms with Crippen LogP contribution in [0.5, 0.6) is 0 Å². The molecule has 21 heavy (non-hydrogen) atoms. The summed E-state index contributed by atoms with van der Waals surface area (Å²) < 4.78 is 37.6. The first-order chi connectivity index (χ1) is 9.84. The van der Waals surface area contributed by atoms with Crippen LogP contribution in [0.3, 0.4) is 0 Å². The van der Waals surface area contributed by atoms with E-state index in [2.05, 4.69) is 10.6 Å². The van der Waals surface area contributed by atoms with E-state index in [1.807, 2.05) is 6.92 Å². The molecule has 1 rings (SSSR count). The molecule has 0 aromatic heterocycles. The molecule has 0 saturated carbocycles. The standard InChI is InChI=1S/C14H17F3N2O2/c1-2-3-7-18-12(20)9-19-13(21)10-5-4-6-11(8-10)14(15,16)17/h4-6,8H,2-3,7,9H2,1H3,(H,18,20)(H,19,21). The van der Waals surface area contributed by atoms with E-state index in [4.69, 9.17) is 0 Å². The molecule has 116 valence electrons. The Kier molecular flexibility index (Phi) is 6.20. The zero-order chi connectivity index (χ0) is 15.9. The van der Waals surface area contributed by atoms with Crippen molar-refractivity contribution in [1.82, 2.24) is 10.6 Å². The first kappa shape index (κ1) is 17.0. The molecule has 0 unspecified atom stereocenters. The molecular formula is C14H17F3N2O2. The lowest BCUT2D eigenvalue weighted by Gasteiger charge is -2.09. The van der Waals surface area contributed by atoms with Crippen LogP contribution in [0.25, 0.3) is 0 Å². The summed E-state index contributed by atoms with van der Waals surface area (Å²) in [7, 11) is 0. The second-order valence-electron chi connectivity index (χ2n) is 4.46. The van der Waals surface area contributed by atoms with E-state index in [1.54, 1.807) is 0 Å². The fourth-order valence-corrected chi connectivity index (χ4v) is 1.57. The van der Waals surface area contributed by atoms with Crippen LogP contribution in [0, 0.1) is 0 Å². The van der Waals surface area contributed by atoms with Crippen LogP contribution < -0.4 is 10.6 Å². The summed E-state index contributed by atoms with van der Waals surface area (Å²) in [5.74, 6) is -1.09. The highest BCUT2D eigenvalue weighted by molar-refractivity contribution is 5.96. The number of benzene rings is 1. The van der Waals surface area contributed by atoms with Gasteiger partial charge in [0.15, 0.2) is 0 Å². The fraction of sp³-hybridized carbons (Fsp3) is 0.429. The van der Waals surface area contributed by atoms with Crippen LogP contribution in [0.15, 0.2) is 24.3 Å². The Morgan fingerprint density at radius 1 is 1.19 bits per heavy atom. The molecule has 0 heterocycles. The maximum Gasteiger partial charge on any atom is 0.416 e. The van der Waals surface area contributed by atoms with Gasteiger partial charge in [0.2, 0.25) is 5.91 Å². The van der Waals surface area contributed by atoms with Crippen molar-refractivity contribution >= 4 is 11.8 Å². The van der Waals surface area contributed by atoms with Crippen molar-refractivity contribution in [2.75, 3.05) is 13.1 Å². The van der Waals surface area contributed by atoms with Gasteiger partial charge in [0.05, 0.1) is 12.1 Å². The van der Waals surface area contributed by atoms with Crippen molar-refractivity contribution < 1.29 is 22.8 Å². The summed E-state index contributed by atoms with van der Waals surface area (Å²) in [6, 6.07) is 4.05. The molecule has 0 spiro atoms. The fourth-order valence-electron chi connectivity index (χ4n) is 1.57. The number of carbonyl (C=O) groups excluding carboxylic acids is 2. The molecule has 0 saturated heterocycles. The van der Waals surface area contributed by atoms with E-state index >= 15 is 0 Å². The highest BCUT2D eigenvalue weighted by Gasteiger charge is 2.30. The van der Waals surface area contributed by atoms with Crippen LogP contribution in [0.4, 0.5) is 13.2 Å². The Morgan fingerprint density at radius 3 is 2.52 bits per heavy atom. The monoisotopic (exact) mass is 302 g/mol. The lowest BCUT2D eigenvalue weighted by molar-refractivity contribution is -0.137. The quantitative estimate of drug-likeness (QED) is 0.793. The Labute approximate surface area is 120 Å². The normalized spacial score (nSPS) is 11.0. The second kappa shape index (κ2) is 7.66. The van der Waals surface area contributed by atoms with Crippen LogP contribution in [-0.2, 0) is 11.0 Å². The molecule has 0 aliphatic rings. The zero-order valence-electron chi connectivity index (χ0n) is 11.6. The van der Waals surface area contributed by atoms with Crippen molar-refractivity contribution in [2.45, 2.75) is 25.9 Å². The SMILES string of the molecule is CCCCNC(=O)CNC(=O)c1cccc(C(F)(F)F)c1. The molecule has 0 fully saturated rings. The summed E-state index contributed by atoms with van der Waals surface area (Å²) in [5, 5.41) is 4.88. The Hall–Kier alpha value is -2.05. The molecule has 2 amide bonds. The van der Waals surface area contributed by atoms with Crippen LogP contribution in [-0.4, -0.2) is 24.9 Å². The van der Waals surface area contributed by atoms with Crippen molar-refractivity contribution in [1.29, 1.82) is 0 Å². The Morgan fingerprint density at radius 2 is 1.90 bits per heavy atom. The first-order valence-corrected chi connectivity index (χ1v) is 6.56. The first-order valence-electron chi connectivity index (χ1n) is 6.56. The maximum absolute atomic E-state index is 12.5. The summed E-state index contributed by atoms with van der Waals surface area (Å²) in [5.41, 5.74) is -1.03. The molecular weight excluding hydrogens is 285 g/mol. The third kappa shape index (κ3) is 5.85. The van der Waals surface area contributed by atoms with Gasteiger partial charge in [-0.25, -0.2) is 0 Å². The minimum Gasteiger partial charge on any atom is -0.355 e. The van der Waals surface area contributed by atoms with Gasteiger partial charge < -0.3 is 10.6 Å². The molecule has 0 aliphatic heterocycles. The number of amides is 2. The number of halogens is 3. The van der Waals surface area contributed by atoms with Gasteiger partial charge in [0.25, 0.3) is 5.91 Å². The van der Waals surface area contributed by atoms with Crippen LogP contribution in [0.2, 0.25) is 0 Å². The number of hydrogen-bond acceptors (Lipinski definition) is 2. The van der Waals surface area contributed by atoms with Gasteiger partial charge in [0.1, 0.15) is 0 Å². The zero-order valence-corrected chi connectivity index (χ0v) is 11.6. The van der Waals surface area contributed by atoms with E-state index < -0.39 is 17.6 Å². The van der Waals surface area contributed by atoms with Crippen molar-refractivity contribution in [3.05, 3.63) is 35.4 Å². The summed E-state index contributed by atoms with van der Waals surface area (Å²) in [6.45, 7) is 2.22. The lowest BCUT2D eigenvalue weighted by atomic mass is 10.1. The van der Waals surface area contributed by atoms with E-state index in [-0.39, 0.29) is 18.0 Å². The van der Waals surface area contributed by atoms with E-state index in [0.717, 1.165) is 31.0 Å². The highest BCUT2D eigenvalue weighted by Crippen LogP contribution is 2.29. The second-order valence-corrected chi connectivity index (χ2v) is 4.46. The molecule has 0 aliphatic carbocycles. The van der Waals surface area contributed by atoms with E-state index in [9.17, 15) is 22.8 Å². The molecule has 7 heteroatoms. The number of carbonyl (C=O) groups is 2. The van der Waals surface area contributed by atoms with Gasteiger partial charge in [-0.05, 0) is 24.6 Å². The van der Waals surface area contributed by atoms with Crippen LogP contribution >= 0.6 is 0 Å². The highest BCUT2D eigenvalue weighted by atomic mass is 19.4. The van der Waals surface area contributed by atoms with Gasteiger partial charge in [0, 0.05) is 12.1 Å². The summed E-state index contributed by atoms with van der Waals surface area (Å²) in [6.07, 6.45) is -2.75. The third-order valence-electron chi connectivity index (χ3n) is 2.71. The number of unbranched alkanes of at least 4 members (excludes halogenated alkanes) is 1. The number of hydrogen-bond donors (Lipinski definition) is 2. The van der Waals surface area contributed by atoms with Crippen molar-refractivity contribution in [3.63, 3.8) is 0 Å². The number of rotatable bonds is 6. The average molecular weight is 302 g/mol. The predicted molar refractivity (Wildman–Crippen MR) is 71.7 cm³/mol. The molecule has 1 aromatic carbocycles. The van der Waals surface area contributed by atoms with Crippen molar-refractivity contribution in [3.8, 4) is 0 Å². The Balaban J connectivity index is 2.54. The predicted octanol–water partition coefficient (Wildman–Crippen LogP) is 2.35. The minimum atomic E-state index is -4.51. The molecule has 0 bridgehead atoms. The summed E-state index contributed by atoms with van der Waals surface area (Å²) >= 11 is 0. The molecule has 0 radical (unpaired) electrons. The van der Waals surface area contributed by atoms with Gasteiger partial charge in [-0.2, -0.15) is 13.2 Å². The average Bonchev–Trinajstić information content (AvgIpc) is 2.44. The Bertz CT molecular complexity index is 501. The third-order valence-corrected chi connectivity index (χ3v) is 2.71. The van der Waals surface area contributed by atoms with Gasteiger partial charge >= 0.3 is 6.18 Å². The van der Waals surface area contributed by atoms with Crippen molar-refractivity contribution in [2.24, 2.45) is 0 Å². The maximum atomic E-state index is 12.5. The lowest BCUT2D eigenvalue weighted by Crippen LogP contribution is -2.37. The number of nitrogens with one attached hydrogen (secondary N) is 2.